The van der Waals surface area contributed by atoms with E-state index in [9.17, 15) is 23.8 Å². The predicted molar refractivity (Wildman–Crippen MR) is 208 cm³/mol. The fourth-order valence-corrected chi connectivity index (χ4v) is 6.17. The van der Waals surface area contributed by atoms with Crippen LogP contribution in [0.3, 0.4) is 0 Å². The van der Waals surface area contributed by atoms with Crippen molar-refractivity contribution < 1.29 is 47.5 Å². The van der Waals surface area contributed by atoms with Gasteiger partial charge in [-0.2, -0.15) is 0 Å². The van der Waals surface area contributed by atoms with Crippen LogP contribution in [0.1, 0.15) is 181 Å². The van der Waals surface area contributed by atoms with Crippen LogP contribution in [-0.4, -0.2) is 59.9 Å². The SMILES string of the molecule is CCCC/C=C/CCCCCCCCCCCC(=O)O[C@H](COC(=O)CCCCCCC/C=C/CCCCCC)COP(=O)(O)OC[C@H](N)C(=O)O. The zero-order valence-corrected chi connectivity index (χ0v) is 33.5. The quantitative estimate of drug-likeness (QED) is 0.0237. The Balaban J connectivity index is 4.41. The summed E-state index contributed by atoms with van der Waals surface area (Å²) in [6.45, 7) is 2.74. The number of hydrogen-bond donors (Lipinski definition) is 3. The van der Waals surface area contributed by atoms with Crippen molar-refractivity contribution in [2.45, 2.75) is 193 Å². The summed E-state index contributed by atoms with van der Waals surface area (Å²) in [5.41, 5.74) is 5.32. The number of hydrogen-bond acceptors (Lipinski definition) is 9. The molecule has 304 valence electrons. The van der Waals surface area contributed by atoms with E-state index in [4.69, 9.17) is 24.8 Å². The fraction of sp³-hybridized carbons (Fsp3) is 0.825. The van der Waals surface area contributed by atoms with Crippen LogP contribution < -0.4 is 5.73 Å². The van der Waals surface area contributed by atoms with Crippen molar-refractivity contribution in [2.75, 3.05) is 19.8 Å². The minimum absolute atomic E-state index is 0.158. The fourth-order valence-electron chi connectivity index (χ4n) is 5.39. The van der Waals surface area contributed by atoms with Gasteiger partial charge >= 0.3 is 25.7 Å². The minimum Gasteiger partial charge on any atom is -0.480 e. The number of carboxylic acid groups (broad SMARTS) is 1. The van der Waals surface area contributed by atoms with Crippen molar-refractivity contribution in [1.82, 2.24) is 0 Å². The second-order valence-corrected chi connectivity index (χ2v) is 15.2. The molecule has 0 saturated heterocycles. The molecule has 52 heavy (non-hydrogen) atoms. The Morgan fingerprint density at radius 3 is 1.46 bits per heavy atom. The lowest BCUT2D eigenvalue weighted by molar-refractivity contribution is -0.161. The molecule has 0 heterocycles. The average Bonchev–Trinajstić information content (AvgIpc) is 3.12. The third-order valence-electron chi connectivity index (χ3n) is 8.67. The summed E-state index contributed by atoms with van der Waals surface area (Å²) in [6.07, 6.45) is 35.2. The van der Waals surface area contributed by atoms with Crippen LogP contribution in [0.4, 0.5) is 0 Å². The van der Waals surface area contributed by atoms with Gasteiger partial charge in [0.25, 0.3) is 0 Å². The van der Waals surface area contributed by atoms with E-state index in [-0.39, 0.29) is 19.4 Å². The Morgan fingerprint density at radius 2 is 0.981 bits per heavy atom. The van der Waals surface area contributed by atoms with Crippen molar-refractivity contribution in [2.24, 2.45) is 5.73 Å². The van der Waals surface area contributed by atoms with Gasteiger partial charge in [0.2, 0.25) is 0 Å². The van der Waals surface area contributed by atoms with Crippen LogP contribution in [0.5, 0.6) is 0 Å². The zero-order valence-electron chi connectivity index (χ0n) is 32.7. The predicted octanol–water partition coefficient (Wildman–Crippen LogP) is 10.3. The molecule has 3 atom stereocenters. The molecule has 0 aromatic rings. The Kier molecular flexibility index (Phi) is 34.6. The topological polar surface area (TPSA) is 172 Å². The highest BCUT2D eigenvalue weighted by atomic mass is 31.2. The van der Waals surface area contributed by atoms with E-state index in [1.54, 1.807) is 0 Å². The second-order valence-electron chi connectivity index (χ2n) is 13.8. The molecular formula is C40H74NO10P. The van der Waals surface area contributed by atoms with Crippen LogP contribution in [0.15, 0.2) is 24.3 Å². The number of esters is 2. The maximum Gasteiger partial charge on any atom is 0.472 e. The van der Waals surface area contributed by atoms with Gasteiger partial charge < -0.3 is 25.2 Å². The molecule has 11 nitrogen and oxygen atoms in total. The van der Waals surface area contributed by atoms with Gasteiger partial charge in [-0.15, -0.1) is 0 Å². The third kappa shape index (κ3) is 35.0. The number of carbonyl (C=O) groups excluding carboxylic acids is 2. The first kappa shape index (κ1) is 50.0. The Hall–Kier alpha value is -2.04. The maximum atomic E-state index is 12.6. The van der Waals surface area contributed by atoms with Crippen LogP contribution in [0.25, 0.3) is 0 Å². The van der Waals surface area contributed by atoms with E-state index in [0.717, 1.165) is 57.8 Å². The lowest BCUT2D eigenvalue weighted by atomic mass is 10.1. The largest absolute Gasteiger partial charge is 0.480 e. The first-order valence-electron chi connectivity index (χ1n) is 20.4. The van der Waals surface area contributed by atoms with Gasteiger partial charge in [0.05, 0.1) is 13.2 Å². The smallest absolute Gasteiger partial charge is 0.472 e. The van der Waals surface area contributed by atoms with Crippen LogP contribution >= 0.6 is 7.82 Å². The molecule has 12 heteroatoms. The van der Waals surface area contributed by atoms with E-state index in [0.29, 0.717) is 12.8 Å². The van der Waals surface area contributed by atoms with E-state index < -0.39 is 51.1 Å². The highest BCUT2D eigenvalue weighted by molar-refractivity contribution is 7.47. The molecule has 0 aliphatic rings. The molecule has 0 amide bonds. The number of carbonyl (C=O) groups is 3. The van der Waals surface area contributed by atoms with Crippen molar-refractivity contribution in [1.29, 1.82) is 0 Å². The van der Waals surface area contributed by atoms with Crippen LogP contribution in [0, 0.1) is 0 Å². The second kappa shape index (κ2) is 36.0. The lowest BCUT2D eigenvalue weighted by Crippen LogP contribution is -2.34. The summed E-state index contributed by atoms with van der Waals surface area (Å²) in [4.78, 5) is 45.8. The maximum absolute atomic E-state index is 12.6. The van der Waals surface area contributed by atoms with Gasteiger partial charge in [-0.05, 0) is 57.8 Å². The van der Waals surface area contributed by atoms with Gasteiger partial charge in [-0.25, -0.2) is 4.57 Å². The molecule has 0 fully saturated rings. The summed E-state index contributed by atoms with van der Waals surface area (Å²) in [5.74, 6) is -2.39. The monoisotopic (exact) mass is 760 g/mol. The molecule has 1 unspecified atom stereocenters. The number of rotatable bonds is 38. The van der Waals surface area contributed by atoms with E-state index in [2.05, 4.69) is 42.7 Å². The van der Waals surface area contributed by atoms with E-state index in [1.165, 1.54) is 83.5 Å². The summed E-state index contributed by atoms with van der Waals surface area (Å²) in [6, 6.07) is -1.52. The summed E-state index contributed by atoms with van der Waals surface area (Å²) < 4.78 is 32.6. The number of nitrogens with two attached hydrogens (primary N) is 1. The lowest BCUT2D eigenvalue weighted by Gasteiger charge is -2.20. The third-order valence-corrected chi connectivity index (χ3v) is 9.62. The first-order chi connectivity index (χ1) is 25.1. The number of phosphoric ester groups is 1. The normalized spacial score (nSPS) is 14.1. The Morgan fingerprint density at radius 1 is 0.577 bits per heavy atom. The number of ether oxygens (including phenoxy) is 2. The number of carboxylic acids is 1. The Labute approximate surface area is 315 Å². The molecule has 0 aliphatic carbocycles. The van der Waals surface area contributed by atoms with Gasteiger partial charge in [0.15, 0.2) is 6.10 Å². The van der Waals surface area contributed by atoms with Crippen molar-refractivity contribution in [3.05, 3.63) is 24.3 Å². The molecule has 0 spiro atoms. The first-order valence-corrected chi connectivity index (χ1v) is 21.9. The molecule has 0 saturated carbocycles. The van der Waals surface area contributed by atoms with Crippen molar-refractivity contribution in [3.63, 3.8) is 0 Å². The number of unbranched alkanes of at least 4 members (excludes halogenated alkanes) is 20. The Bertz CT molecular complexity index is 989. The highest BCUT2D eigenvalue weighted by Crippen LogP contribution is 2.43. The van der Waals surface area contributed by atoms with E-state index in [1.807, 2.05) is 0 Å². The summed E-state index contributed by atoms with van der Waals surface area (Å²) in [7, 11) is -4.71. The summed E-state index contributed by atoms with van der Waals surface area (Å²) in [5, 5.41) is 8.87. The molecule has 0 aromatic heterocycles. The summed E-state index contributed by atoms with van der Waals surface area (Å²) >= 11 is 0. The number of phosphoric acid groups is 1. The highest BCUT2D eigenvalue weighted by Gasteiger charge is 2.28. The van der Waals surface area contributed by atoms with Crippen LogP contribution in [0.2, 0.25) is 0 Å². The zero-order chi connectivity index (χ0) is 38.5. The molecule has 0 aliphatic heterocycles. The van der Waals surface area contributed by atoms with E-state index >= 15 is 0 Å². The molecule has 0 bridgehead atoms. The molecule has 4 N–H and O–H groups in total. The molecular weight excluding hydrogens is 685 g/mol. The molecule has 0 aromatic carbocycles. The van der Waals surface area contributed by atoms with Gasteiger partial charge in [-0.1, -0.05) is 134 Å². The minimum atomic E-state index is -4.71. The molecule has 0 radical (unpaired) electrons. The van der Waals surface area contributed by atoms with Gasteiger partial charge in [-0.3, -0.25) is 23.4 Å². The van der Waals surface area contributed by atoms with Gasteiger partial charge in [0.1, 0.15) is 12.6 Å². The van der Waals surface area contributed by atoms with Crippen molar-refractivity contribution in [3.8, 4) is 0 Å². The molecule has 0 rings (SSSR count). The van der Waals surface area contributed by atoms with Crippen LogP contribution in [-0.2, 0) is 37.5 Å². The van der Waals surface area contributed by atoms with Gasteiger partial charge in [0, 0.05) is 12.8 Å². The standard InChI is InChI=1S/C40H74NO10P/c1-3-5-7-9-11-13-15-17-18-20-22-24-26-28-30-32-39(43)51-36(34-49-52(46,47)50-35-37(41)40(44)45)33-48-38(42)31-29-27-25-23-21-19-16-14-12-10-8-6-4-2/h9,11,14,16,36-37H,3-8,10,12-13,15,17-35,41H2,1-2H3,(H,44,45)(H,46,47)/b11-9+,16-14+/t36-,37+/m1/s1. The average molecular weight is 760 g/mol. The number of allylic oxidation sites excluding steroid dienone is 4. The van der Waals surface area contributed by atoms with Crippen molar-refractivity contribution >= 4 is 25.7 Å². The number of aliphatic carboxylic acids is 1.